The maximum atomic E-state index is 11.1. The smallest absolute Gasteiger partial charge is 0.372 e. The van der Waals surface area contributed by atoms with Gasteiger partial charge in [-0.05, 0) is 37.6 Å². The molecule has 25 heavy (non-hydrogen) atoms. The Morgan fingerprint density at radius 1 is 1.24 bits per heavy atom. The van der Waals surface area contributed by atoms with Gasteiger partial charge >= 0.3 is 10.4 Å². The number of nitrogens with one attached hydrogen (secondary N) is 1. The summed E-state index contributed by atoms with van der Waals surface area (Å²) in [5, 5.41) is 14.3. The summed E-state index contributed by atoms with van der Waals surface area (Å²) < 4.78 is 31.1. The van der Waals surface area contributed by atoms with Crippen molar-refractivity contribution in [2.24, 2.45) is 10.2 Å². The average molecular weight is 368 g/mol. The molecule has 0 spiro atoms. The van der Waals surface area contributed by atoms with Crippen LogP contribution in [0.15, 0.2) is 40.8 Å². The molecule has 136 valence electrons. The number of nitrogens with zero attached hydrogens (tertiary/aromatic N) is 5. The van der Waals surface area contributed by atoms with E-state index < -0.39 is 10.4 Å². The molecule has 0 fully saturated rings. The Morgan fingerprint density at radius 2 is 2.00 bits per heavy atom. The van der Waals surface area contributed by atoms with E-state index in [1.807, 2.05) is 31.2 Å². The molecular formula is C14H20N6O4S. The molecular weight excluding hydrogens is 348 g/mol. The van der Waals surface area contributed by atoms with Gasteiger partial charge in [0.1, 0.15) is 6.33 Å². The van der Waals surface area contributed by atoms with Crippen LogP contribution in [-0.4, -0.2) is 50.4 Å². The lowest BCUT2D eigenvalue weighted by molar-refractivity contribution is 0.241. The summed E-state index contributed by atoms with van der Waals surface area (Å²) in [6.07, 6.45) is 1.90. The Hall–Kier alpha value is -2.37. The Labute approximate surface area is 146 Å². The van der Waals surface area contributed by atoms with Crippen LogP contribution in [0.2, 0.25) is 0 Å². The molecule has 10 nitrogen and oxygen atoms in total. The normalized spacial score (nSPS) is 11.9. The van der Waals surface area contributed by atoms with Gasteiger partial charge in [0.15, 0.2) is 0 Å². The van der Waals surface area contributed by atoms with Crippen LogP contribution in [0.5, 0.6) is 0 Å². The molecule has 0 saturated heterocycles. The summed E-state index contributed by atoms with van der Waals surface area (Å²) in [4.78, 5) is 5.95. The molecule has 1 aromatic carbocycles. The van der Waals surface area contributed by atoms with E-state index in [0.29, 0.717) is 24.6 Å². The minimum Gasteiger partial charge on any atom is -0.372 e. The lowest BCUT2D eigenvalue weighted by atomic mass is 10.2. The second kappa shape index (κ2) is 9.20. The van der Waals surface area contributed by atoms with E-state index in [-0.39, 0.29) is 6.61 Å². The van der Waals surface area contributed by atoms with Crippen LogP contribution in [0.25, 0.3) is 0 Å². The van der Waals surface area contributed by atoms with Crippen molar-refractivity contribution in [1.82, 2.24) is 15.2 Å². The van der Waals surface area contributed by atoms with E-state index in [1.165, 1.54) is 6.33 Å². The third-order valence-electron chi connectivity index (χ3n) is 3.26. The first-order chi connectivity index (χ1) is 12.0. The second-order valence-electron chi connectivity index (χ2n) is 4.86. The number of benzene rings is 1. The number of aromatic amines is 1. The third kappa shape index (κ3) is 6.21. The SMILES string of the molecule is CCN(CCCOS(=O)(=O)OC)c1ccc(N=Nc2ncn[nH]2)cc1. The molecule has 0 amide bonds. The average Bonchev–Trinajstić information content (AvgIpc) is 3.14. The summed E-state index contributed by atoms with van der Waals surface area (Å²) >= 11 is 0. The lowest BCUT2D eigenvalue weighted by Crippen LogP contribution is -2.25. The first kappa shape index (κ1) is 19.0. The molecule has 0 bridgehead atoms. The quantitative estimate of drug-likeness (QED) is 0.504. The molecule has 0 atom stereocenters. The number of rotatable bonds is 10. The highest BCUT2D eigenvalue weighted by atomic mass is 32.3. The topological polar surface area (TPSA) is 122 Å². The Morgan fingerprint density at radius 3 is 2.60 bits per heavy atom. The van der Waals surface area contributed by atoms with Gasteiger partial charge in [0.25, 0.3) is 5.95 Å². The summed E-state index contributed by atoms with van der Waals surface area (Å²) in [7, 11) is -2.81. The highest BCUT2D eigenvalue weighted by Gasteiger charge is 2.09. The number of hydrogen-bond acceptors (Lipinski definition) is 9. The summed E-state index contributed by atoms with van der Waals surface area (Å²) in [5.74, 6) is 0.338. The Balaban J connectivity index is 1.87. The van der Waals surface area contributed by atoms with Crippen LogP contribution in [0.4, 0.5) is 17.3 Å². The molecule has 0 aliphatic rings. The summed E-state index contributed by atoms with van der Waals surface area (Å²) in [6, 6.07) is 7.52. The van der Waals surface area contributed by atoms with E-state index in [2.05, 4.69) is 38.7 Å². The highest BCUT2D eigenvalue weighted by molar-refractivity contribution is 7.81. The van der Waals surface area contributed by atoms with Gasteiger partial charge in [0.2, 0.25) is 0 Å². The molecule has 0 saturated carbocycles. The molecule has 1 heterocycles. The van der Waals surface area contributed by atoms with E-state index in [1.54, 1.807) is 0 Å². The Bertz CT molecular complexity index is 761. The molecule has 0 unspecified atom stereocenters. The number of azo groups is 1. The molecule has 0 aliphatic carbocycles. The van der Waals surface area contributed by atoms with E-state index in [0.717, 1.165) is 19.3 Å². The van der Waals surface area contributed by atoms with E-state index in [9.17, 15) is 8.42 Å². The van der Waals surface area contributed by atoms with Crippen LogP contribution in [0.1, 0.15) is 13.3 Å². The largest absolute Gasteiger partial charge is 0.399 e. The van der Waals surface area contributed by atoms with Crippen molar-refractivity contribution in [1.29, 1.82) is 0 Å². The van der Waals surface area contributed by atoms with Gasteiger partial charge in [0.05, 0.1) is 19.4 Å². The molecule has 2 aromatic rings. The molecule has 1 N–H and O–H groups in total. The molecule has 11 heteroatoms. The maximum Gasteiger partial charge on any atom is 0.399 e. The van der Waals surface area contributed by atoms with Crippen molar-refractivity contribution in [2.45, 2.75) is 13.3 Å². The monoisotopic (exact) mass is 368 g/mol. The standard InChI is InChI=1S/C14H20N6O4S/c1-3-20(9-4-10-24-25(21,22)23-2)13-7-5-12(6-8-13)17-19-14-15-11-16-18-14/h5-8,11H,3-4,9-10H2,1-2H3,(H,15,16,18). The fraction of sp³-hybridized carbons (Fsp3) is 0.429. The second-order valence-corrected chi connectivity index (χ2v) is 6.24. The van der Waals surface area contributed by atoms with Gasteiger partial charge in [-0.1, -0.05) is 0 Å². The third-order valence-corrected chi connectivity index (χ3v) is 4.13. The van der Waals surface area contributed by atoms with E-state index >= 15 is 0 Å². The fourth-order valence-electron chi connectivity index (χ4n) is 2.02. The fourth-order valence-corrected chi connectivity index (χ4v) is 2.43. The zero-order valence-corrected chi connectivity index (χ0v) is 14.8. The first-order valence-electron chi connectivity index (χ1n) is 7.61. The molecule has 0 aliphatic heterocycles. The molecule has 0 radical (unpaired) electrons. The number of hydrogen-bond donors (Lipinski definition) is 1. The number of H-pyrrole nitrogens is 1. The van der Waals surface area contributed by atoms with Crippen molar-refractivity contribution in [2.75, 3.05) is 31.7 Å². The van der Waals surface area contributed by atoms with Gasteiger partial charge in [0, 0.05) is 18.8 Å². The van der Waals surface area contributed by atoms with Gasteiger partial charge < -0.3 is 4.90 Å². The molecule has 2 rings (SSSR count). The van der Waals surface area contributed by atoms with Crippen molar-refractivity contribution < 1.29 is 16.8 Å². The van der Waals surface area contributed by atoms with Crippen LogP contribution in [-0.2, 0) is 18.8 Å². The minimum atomic E-state index is -3.87. The zero-order valence-electron chi connectivity index (χ0n) is 14.0. The predicted molar refractivity (Wildman–Crippen MR) is 91.4 cm³/mol. The van der Waals surface area contributed by atoms with Gasteiger partial charge in [-0.3, -0.25) is 4.18 Å². The van der Waals surface area contributed by atoms with Crippen LogP contribution in [0, 0.1) is 0 Å². The maximum absolute atomic E-state index is 11.1. The molecule has 1 aromatic heterocycles. The van der Waals surface area contributed by atoms with Gasteiger partial charge in [-0.15, -0.1) is 10.2 Å². The first-order valence-corrected chi connectivity index (χ1v) is 8.94. The summed E-state index contributed by atoms with van der Waals surface area (Å²) in [6.45, 7) is 3.51. The highest BCUT2D eigenvalue weighted by Crippen LogP contribution is 2.21. The van der Waals surface area contributed by atoms with E-state index in [4.69, 9.17) is 0 Å². The number of anilines is 1. The van der Waals surface area contributed by atoms with Crippen LogP contribution < -0.4 is 4.90 Å². The van der Waals surface area contributed by atoms with Crippen molar-refractivity contribution in [3.05, 3.63) is 30.6 Å². The van der Waals surface area contributed by atoms with Gasteiger partial charge in [-0.2, -0.15) is 18.5 Å². The number of aromatic nitrogens is 3. The van der Waals surface area contributed by atoms with Crippen molar-refractivity contribution in [3.8, 4) is 0 Å². The zero-order chi connectivity index (χ0) is 18.1. The Kier molecular flexibility index (Phi) is 6.98. The minimum absolute atomic E-state index is 0.0656. The van der Waals surface area contributed by atoms with Gasteiger partial charge in [-0.25, -0.2) is 9.28 Å². The summed E-state index contributed by atoms with van der Waals surface area (Å²) in [5.41, 5.74) is 1.68. The predicted octanol–water partition coefficient (Wildman–Crippen LogP) is 2.34. The van der Waals surface area contributed by atoms with Crippen molar-refractivity contribution >= 4 is 27.7 Å². The van der Waals surface area contributed by atoms with Crippen molar-refractivity contribution in [3.63, 3.8) is 0 Å². The van der Waals surface area contributed by atoms with Crippen LogP contribution >= 0.6 is 0 Å². The van der Waals surface area contributed by atoms with Crippen LogP contribution in [0.3, 0.4) is 0 Å². The lowest BCUT2D eigenvalue weighted by Gasteiger charge is -2.23.